The standard InChI is InChI=1S/C14H25BrO2/c1-11(10-16-2)17-13-9-12(15)14(13)7-5-3-4-6-8-14/h11-13H,3-10H2,1-2H3. The number of halogens is 1. The number of rotatable bonds is 4. The van der Waals surface area contributed by atoms with Gasteiger partial charge < -0.3 is 9.47 Å². The van der Waals surface area contributed by atoms with Gasteiger partial charge in [-0.15, -0.1) is 0 Å². The van der Waals surface area contributed by atoms with Gasteiger partial charge >= 0.3 is 0 Å². The van der Waals surface area contributed by atoms with Crippen LogP contribution in [-0.4, -0.2) is 30.8 Å². The maximum Gasteiger partial charge on any atom is 0.0784 e. The zero-order chi connectivity index (χ0) is 12.3. The lowest BCUT2D eigenvalue weighted by molar-refractivity contribution is -0.149. The lowest BCUT2D eigenvalue weighted by Crippen LogP contribution is -2.56. The van der Waals surface area contributed by atoms with Crippen LogP contribution in [0.15, 0.2) is 0 Å². The summed E-state index contributed by atoms with van der Waals surface area (Å²) >= 11 is 3.87. The average Bonchev–Trinajstić information content (AvgIpc) is 2.56. The Morgan fingerprint density at radius 1 is 1.24 bits per heavy atom. The van der Waals surface area contributed by atoms with E-state index in [1.54, 1.807) is 7.11 Å². The highest BCUT2D eigenvalue weighted by Crippen LogP contribution is 2.55. The third-order valence-corrected chi connectivity index (χ3v) is 5.80. The van der Waals surface area contributed by atoms with Gasteiger partial charge in [-0.2, -0.15) is 0 Å². The van der Waals surface area contributed by atoms with Gasteiger partial charge in [0.15, 0.2) is 0 Å². The second-order valence-electron chi connectivity index (χ2n) is 5.74. The minimum absolute atomic E-state index is 0.227. The smallest absolute Gasteiger partial charge is 0.0784 e. The molecule has 0 N–H and O–H groups in total. The molecule has 0 aromatic carbocycles. The minimum atomic E-state index is 0.227. The van der Waals surface area contributed by atoms with Crippen LogP contribution in [0, 0.1) is 5.41 Å². The van der Waals surface area contributed by atoms with Crippen LogP contribution in [0.4, 0.5) is 0 Å². The van der Waals surface area contributed by atoms with Crippen molar-refractivity contribution in [2.24, 2.45) is 5.41 Å². The van der Waals surface area contributed by atoms with Crippen LogP contribution in [0.25, 0.3) is 0 Å². The maximum absolute atomic E-state index is 6.19. The zero-order valence-corrected chi connectivity index (χ0v) is 12.7. The largest absolute Gasteiger partial charge is 0.382 e. The van der Waals surface area contributed by atoms with E-state index >= 15 is 0 Å². The second kappa shape index (κ2) is 6.03. The fourth-order valence-electron chi connectivity index (χ4n) is 3.47. The molecule has 1 spiro atoms. The Hall–Kier alpha value is 0.400. The Morgan fingerprint density at radius 2 is 1.88 bits per heavy atom. The molecule has 0 aromatic rings. The molecule has 2 saturated carbocycles. The molecule has 3 atom stereocenters. The Morgan fingerprint density at radius 3 is 2.41 bits per heavy atom. The lowest BCUT2D eigenvalue weighted by atomic mass is 9.61. The van der Waals surface area contributed by atoms with E-state index in [2.05, 4.69) is 22.9 Å². The molecule has 2 nitrogen and oxygen atoms in total. The van der Waals surface area contributed by atoms with Gasteiger partial charge in [0, 0.05) is 17.4 Å². The summed E-state index contributed by atoms with van der Waals surface area (Å²) in [5, 5.41) is 0. The van der Waals surface area contributed by atoms with Gasteiger partial charge in [0.2, 0.25) is 0 Å². The van der Waals surface area contributed by atoms with Crippen molar-refractivity contribution in [3.8, 4) is 0 Å². The molecule has 0 bridgehead atoms. The van der Waals surface area contributed by atoms with Gasteiger partial charge in [0.05, 0.1) is 18.8 Å². The Bertz CT molecular complexity index is 236. The molecule has 0 aliphatic heterocycles. The van der Waals surface area contributed by atoms with Crippen molar-refractivity contribution in [2.45, 2.75) is 68.9 Å². The van der Waals surface area contributed by atoms with Crippen LogP contribution in [0.1, 0.15) is 51.9 Å². The first-order valence-corrected chi connectivity index (χ1v) is 7.89. The monoisotopic (exact) mass is 304 g/mol. The van der Waals surface area contributed by atoms with Gasteiger partial charge in [0.25, 0.3) is 0 Å². The second-order valence-corrected chi connectivity index (χ2v) is 6.85. The number of methoxy groups -OCH3 is 1. The highest BCUT2D eigenvalue weighted by Gasteiger charge is 2.54. The predicted molar refractivity (Wildman–Crippen MR) is 73.7 cm³/mol. The van der Waals surface area contributed by atoms with E-state index in [0.29, 0.717) is 23.0 Å². The van der Waals surface area contributed by atoms with Crippen LogP contribution in [-0.2, 0) is 9.47 Å². The quantitative estimate of drug-likeness (QED) is 0.733. The maximum atomic E-state index is 6.19. The number of hydrogen-bond donors (Lipinski definition) is 0. The van der Waals surface area contributed by atoms with Crippen molar-refractivity contribution < 1.29 is 9.47 Å². The molecule has 2 rings (SSSR count). The first-order valence-electron chi connectivity index (χ1n) is 6.97. The molecule has 0 amide bonds. The third-order valence-electron chi connectivity index (χ3n) is 4.52. The van der Waals surface area contributed by atoms with E-state index in [4.69, 9.17) is 9.47 Å². The number of alkyl halides is 1. The topological polar surface area (TPSA) is 18.5 Å². The Kier molecular flexibility index (Phi) is 4.90. The first kappa shape index (κ1) is 13.8. The van der Waals surface area contributed by atoms with E-state index in [1.807, 2.05) is 0 Å². The molecule has 100 valence electrons. The molecule has 0 radical (unpaired) electrons. The van der Waals surface area contributed by atoms with Crippen LogP contribution in [0.5, 0.6) is 0 Å². The molecular formula is C14H25BrO2. The summed E-state index contributed by atoms with van der Waals surface area (Å²) < 4.78 is 11.4. The van der Waals surface area contributed by atoms with E-state index in [0.717, 1.165) is 0 Å². The lowest BCUT2D eigenvalue weighted by Gasteiger charge is -2.54. The average molecular weight is 305 g/mol. The van der Waals surface area contributed by atoms with Crippen LogP contribution >= 0.6 is 15.9 Å². The Labute approximate surface area is 114 Å². The van der Waals surface area contributed by atoms with Gasteiger partial charge in [-0.25, -0.2) is 0 Å². The van der Waals surface area contributed by atoms with Gasteiger partial charge in [-0.05, 0) is 26.2 Å². The molecule has 3 unspecified atom stereocenters. The predicted octanol–water partition coefficient (Wildman–Crippen LogP) is 3.91. The fourth-order valence-corrected chi connectivity index (χ4v) is 4.56. The summed E-state index contributed by atoms with van der Waals surface area (Å²) in [4.78, 5) is 0.674. The van der Waals surface area contributed by atoms with E-state index in [1.165, 1.54) is 44.9 Å². The van der Waals surface area contributed by atoms with Crippen molar-refractivity contribution in [1.29, 1.82) is 0 Å². The molecule has 3 heteroatoms. The van der Waals surface area contributed by atoms with Crippen molar-refractivity contribution >= 4 is 15.9 Å². The molecule has 2 aliphatic rings. The first-order chi connectivity index (χ1) is 8.19. The third kappa shape index (κ3) is 2.87. The fraction of sp³-hybridized carbons (Fsp3) is 1.00. The highest BCUT2D eigenvalue weighted by molar-refractivity contribution is 9.09. The summed E-state index contributed by atoms with van der Waals surface area (Å²) in [6.45, 7) is 2.83. The van der Waals surface area contributed by atoms with Crippen molar-refractivity contribution in [3.63, 3.8) is 0 Å². The summed E-state index contributed by atoms with van der Waals surface area (Å²) in [6, 6.07) is 0. The van der Waals surface area contributed by atoms with Crippen molar-refractivity contribution in [3.05, 3.63) is 0 Å². The van der Waals surface area contributed by atoms with Crippen molar-refractivity contribution in [1.82, 2.24) is 0 Å². The normalized spacial score (nSPS) is 34.1. The van der Waals surface area contributed by atoms with Crippen LogP contribution < -0.4 is 0 Å². The summed E-state index contributed by atoms with van der Waals surface area (Å²) in [6.07, 6.45) is 10.1. The summed E-state index contributed by atoms with van der Waals surface area (Å²) in [7, 11) is 1.75. The van der Waals surface area contributed by atoms with Crippen LogP contribution in [0.3, 0.4) is 0 Å². The SMILES string of the molecule is COCC(C)OC1CC(Br)C12CCCCCC2. The van der Waals surface area contributed by atoms with E-state index < -0.39 is 0 Å². The van der Waals surface area contributed by atoms with E-state index in [-0.39, 0.29) is 6.10 Å². The molecule has 2 fully saturated rings. The molecule has 0 saturated heterocycles. The zero-order valence-electron chi connectivity index (χ0n) is 11.1. The van der Waals surface area contributed by atoms with Gasteiger partial charge in [-0.1, -0.05) is 41.6 Å². The van der Waals surface area contributed by atoms with Crippen LogP contribution in [0.2, 0.25) is 0 Å². The minimum Gasteiger partial charge on any atom is -0.382 e. The molecule has 0 heterocycles. The Balaban J connectivity index is 1.93. The number of ether oxygens (including phenoxy) is 2. The van der Waals surface area contributed by atoms with Gasteiger partial charge in [0.1, 0.15) is 0 Å². The highest BCUT2D eigenvalue weighted by atomic mass is 79.9. The summed E-state index contributed by atoms with van der Waals surface area (Å²) in [5.41, 5.74) is 0.429. The van der Waals surface area contributed by atoms with E-state index in [9.17, 15) is 0 Å². The summed E-state index contributed by atoms with van der Waals surface area (Å²) in [5.74, 6) is 0. The molecular weight excluding hydrogens is 280 g/mol. The van der Waals surface area contributed by atoms with Gasteiger partial charge in [-0.3, -0.25) is 0 Å². The molecule has 2 aliphatic carbocycles. The molecule has 17 heavy (non-hydrogen) atoms. The number of hydrogen-bond acceptors (Lipinski definition) is 2. The molecule has 0 aromatic heterocycles. The van der Waals surface area contributed by atoms with Crippen molar-refractivity contribution in [2.75, 3.05) is 13.7 Å².